The minimum Gasteiger partial charge on any atom is -0.497 e. The highest BCUT2D eigenvalue weighted by atomic mass is 79.9. The lowest BCUT2D eigenvalue weighted by atomic mass is 10.2. The second-order valence-electron chi connectivity index (χ2n) is 4.76. The Hall–Kier alpha value is -1.72. The molecule has 0 amide bonds. The number of ether oxygens (including phenoxy) is 3. The van der Waals surface area contributed by atoms with Crippen LogP contribution in [0.2, 0.25) is 0 Å². The summed E-state index contributed by atoms with van der Waals surface area (Å²) in [5.41, 5.74) is 2.37. The zero-order chi connectivity index (χ0) is 14.7. The van der Waals surface area contributed by atoms with Gasteiger partial charge in [0.05, 0.1) is 11.6 Å². The number of fused-ring (bicyclic) bond motifs is 1. The highest BCUT2D eigenvalue weighted by Gasteiger charge is 2.17. The molecule has 3 rings (SSSR count). The Labute approximate surface area is 132 Å². The summed E-state index contributed by atoms with van der Waals surface area (Å²) in [6.45, 7) is 1.86. The van der Waals surface area contributed by atoms with Crippen LogP contribution in [0.25, 0.3) is 0 Å². The van der Waals surface area contributed by atoms with Crippen LogP contribution in [0.5, 0.6) is 17.2 Å². The summed E-state index contributed by atoms with van der Waals surface area (Å²) in [4.78, 5) is 0. The van der Waals surface area contributed by atoms with Gasteiger partial charge in [-0.3, -0.25) is 0 Å². The topological polar surface area (TPSA) is 39.7 Å². The number of hydrogen-bond donors (Lipinski definition) is 1. The van der Waals surface area contributed by atoms with Crippen molar-refractivity contribution in [2.24, 2.45) is 0 Å². The van der Waals surface area contributed by atoms with Crippen molar-refractivity contribution >= 4 is 15.9 Å². The molecule has 2 aromatic carbocycles. The molecule has 21 heavy (non-hydrogen) atoms. The van der Waals surface area contributed by atoms with E-state index in [1.54, 1.807) is 7.11 Å². The number of benzene rings is 2. The summed E-state index contributed by atoms with van der Waals surface area (Å²) in [7, 11) is 1.67. The fourth-order valence-corrected chi connectivity index (χ4v) is 2.82. The van der Waals surface area contributed by atoms with Crippen LogP contribution in [0.15, 0.2) is 40.9 Å². The molecule has 1 N–H and O–H groups in total. The predicted molar refractivity (Wildman–Crippen MR) is 83.8 cm³/mol. The highest BCUT2D eigenvalue weighted by Crippen LogP contribution is 2.39. The van der Waals surface area contributed by atoms with Gasteiger partial charge in [-0.05, 0) is 51.3 Å². The van der Waals surface area contributed by atoms with E-state index in [4.69, 9.17) is 14.2 Å². The van der Waals surface area contributed by atoms with Gasteiger partial charge < -0.3 is 19.5 Å². The summed E-state index contributed by atoms with van der Waals surface area (Å²) in [5, 5.41) is 3.42. The van der Waals surface area contributed by atoms with E-state index in [2.05, 4.69) is 39.4 Å². The van der Waals surface area contributed by atoms with Crippen LogP contribution in [-0.4, -0.2) is 13.9 Å². The number of rotatable bonds is 5. The lowest BCUT2D eigenvalue weighted by molar-refractivity contribution is 0.173. The minimum absolute atomic E-state index is 0.288. The molecule has 4 nitrogen and oxygen atoms in total. The van der Waals surface area contributed by atoms with Crippen LogP contribution < -0.4 is 19.5 Å². The van der Waals surface area contributed by atoms with E-state index in [1.807, 2.05) is 18.2 Å². The second kappa shape index (κ2) is 6.37. The van der Waals surface area contributed by atoms with E-state index in [9.17, 15) is 0 Å². The van der Waals surface area contributed by atoms with Gasteiger partial charge in [-0.2, -0.15) is 0 Å². The molecule has 2 aromatic rings. The molecule has 110 valence electrons. The van der Waals surface area contributed by atoms with Gasteiger partial charge in [0.15, 0.2) is 11.5 Å². The minimum atomic E-state index is 0.288. The first-order valence-corrected chi connectivity index (χ1v) is 7.47. The Morgan fingerprint density at radius 2 is 1.86 bits per heavy atom. The molecule has 0 aliphatic carbocycles. The monoisotopic (exact) mass is 349 g/mol. The van der Waals surface area contributed by atoms with Gasteiger partial charge in [0.2, 0.25) is 6.79 Å². The van der Waals surface area contributed by atoms with Gasteiger partial charge in [0.25, 0.3) is 0 Å². The summed E-state index contributed by atoms with van der Waals surface area (Å²) in [5.74, 6) is 2.46. The molecule has 0 spiro atoms. The average molecular weight is 350 g/mol. The Balaban J connectivity index is 1.59. The molecule has 1 aliphatic rings. The highest BCUT2D eigenvalue weighted by molar-refractivity contribution is 9.10. The van der Waals surface area contributed by atoms with Gasteiger partial charge in [-0.1, -0.05) is 12.1 Å². The van der Waals surface area contributed by atoms with Crippen molar-refractivity contribution in [3.63, 3.8) is 0 Å². The fraction of sp³-hybridized carbons (Fsp3) is 0.250. The van der Waals surface area contributed by atoms with Crippen molar-refractivity contribution in [1.29, 1.82) is 0 Å². The van der Waals surface area contributed by atoms with Crippen LogP contribution in [-0.2, 0) is 13.1 Å². The van der Waals surface area contributed by atoms with Gasteiger partial charge in [0, 0.05) is 13.1 Å². The molecule has 1 aliphatic heterocycles. The fourth-order valence-electron chi connectivity index (χ4n) is 2.22. The second-order valence-corrected chi connectivity index (χ2v) is 5.62. The summed E-state index contributed by atoms with van der Waals surface area (Å²) in [6.07, 6.45) is 0. The maximum Gasteiger partial charge on any atom is 0.231 e. The number of nitrogens with one attached hydrogen (secondary N) is 1. The first-order valence-electron chi connectivity index (χ1n) is 6.68. The molecule has 0 aromatic heterocycles. The summed E-state index contributed by atoms with van der Waals surface area (Å²) >= 11 is 3.50. The maximum atomic E-state index is 5.42. The zero-order valence-electron chi connectivity index (χ0n) is 11.7. The first-order chi connectivity index (χ1) is 10.3. The van der Waals surface area contributed by atoms with Gasteiger partial charge in [0.1, 0.15) is 5.75 Å². The maximum absolute atomic E-state index is 5.42. The van der Waals surface area contributed by atoms with Crippen LogP contribution in [0.3, 0.4) is 0 Å². The molecule has 0 radical (unpaired) electrons. The third-order valence-electron chi connectivity index (χ3n) is 3.30. The largest absolute Gasteiger partial charge is 0.497 e. The molecule has 0 saturated heterocycles. The third-order valence-corrected chi connectivity index (χ3v) is 3.89. The van der Waals surface area contributed by atoms with Crippen LogP contribution in [0.1, 0.15) is 11.1 Å². The van der Waals surface area contributed by atoms with Crippen molar-refractivity contribution in [2.75, 3.05) is 13.9 Å². The third kappa shape index (κ3) is 3.31. The van der Waals surface area contributed by atoms with Crippen molar-refractivity contribution in [2.45, 2.75) is 13.1 Å². The zero-order valence-corrected chi connectivity index (χ0v) is 13.3. The SMILES string of the molecule is COc1ccc(CNCc2cc(Br)c3c(c2)OCO3)cc1. The Morgan fingerprint density at radius 3 is 2.62 bits per heavy atom. The number of methoxy groups -OCH3 is 1. The quantitative estimate of drug-likeness (QED) is 0.896. The van der Waals surface area contributed by atoms with Crippen LogP contribution in [0.4, 0.5) is 0 Å². The van der Waals surface area contributed by atoms with E-state index in [-0.39, 0.29) is 6.79 Å². The Kier molecular flexibility index (Phi) is 4.31. The van der Waals surface area contributed by atoms with E-state index < -0.39 is 0 Å². The average Bonchev–Trinajstić information content (AvgIpc) is 2.97. The van der Waals surface area contributed by atoms with Crippen molar-refractivity contribution in [3.8, 4) is 17.2 Å². The molecule has 1 heterocycles. The molecular weight excluding hydrogens is 334 g/mol. The van der Waals surface area contributed by atoms with Crippen LogP contribution in [0, 0.1) is 0 Å². The lowest BCUT2D eigenvalue weighted by Gasteiger charge is -2.08. The van der Waals surface area contributed by atoms with E-state index >= 15 is 0 Å². The number of hydrogen-bond acceptors (Lipinski definition) is 4. The van der Waals surface area contributed by atoms with Crippen molar-refractivity contribution in [1.82, 2.24) is 5.32 Å². The molecule has 5 heteroatoms. The van der Waals surface area contributed by atoms with E-state index in [0.717, 1.165) is 40.4 Å². The van der Waals surface area contributed by atoms with Gasteiger partial charge in [-0.25, -0.2) is 0 Å². The van der Waals surface area contributed by atoms with Gasteiger partial charge in [-0.15, -0.1) is 0 Å². The smallest absolute Gasteiger partial charge is 0.231 e. The first kappa shape index (κ1) is 14.2. The molecule has 0 saturated carbocycles. The number of halogens is 1. The standard InChI is InChI=1S/C16H16BrNO3/c1-19-13-4-2-11(3-5-13)8-18-9-12-6-14(17)16-15(7-12)20-10-21-16/h2-7,18H,8-10H2,1H3. The summed E-state index contributed by atoms with van der Waals surface area (Å²) < 4.78 is 16.9. The normalized spacial score (nSPS) is 12.5. The van der Waals surface area contributed by atoms with Crippen LogP contribution >= 0.6 is 15.9 Å². The van der Waals surface area contributed by atoms with Crippen molar-refractivity contribution < 1.29 is 14.2 Å². The molecule has 0 unspecified atom stereocenters. The van der Waals surface area contributed by atoms with Gasteiger partial charge >= 0.3 is 0 Å². The molecular formula is C16H16BrNO3. The predicted octanol–water partition coefficient (Wildman–Crippen LogP) is 3.48. The van der Waals surface area contributed by atoms with E-state index in [0.29, 0.717) is 0 Å². The molecule has 0 fully saturated rings. The lowest BCUT2D eigenvalue weighted by Crippen LogP contribution is -2.12. The Bertz CT molecular complexity index is 628. The van der Waals surface area contributed by atoms with Crippen molar-refractivity contribution in [3.05, 3.63) is 52.0 Å². The van der Waals surface area contributed by atoms with E-state index in [1.165, 1.54) is 5.56 Å². The molecule has 0 bridgehead atoms. The molecule has 0 atom stereocenters. The Morgan fingerprint density at radius 1 is 1.10 bits per heavy atom. The summed E-state index contributed by atoms with van der Waals surface area (Å²) in [6, 6.07) is 12.1.